The third-order valence-electron chi connectivity index (χ3n) is 5.62. The maximum atomic E-state index is 5.49. The average molecular weight is 362 g/mol. The zero-order valence-corrected chi connectivity index (χ0v) is 15.5. The average Bonchev–Trinajstić information content (AvgIpc) is 3.26. The second kappa shape index (κ2) is 7.18. The van der Waals surface area contributed by atoms with Crippen molar-refractivity contribution < 1.29 is 14.0 Å². The molecule has 0 unspecified atom stereocenters. The van der Waals surface area contributed by atoms with Gasteiger partial charge in [0, 0.05) is 12.0 Å². The number of H-pyrrole nitrogens is 1. The molecule has 2 N–H and O–H groups in total. The molecule has 0 radical (unpaired) electrons. The maximum absolute atomic E-state index is 5.49. The van der Waals surface area contributed by atoms with E-state index in [9.17, 15) is 0 Å². The van der Waals surface area contributed by atoms with Gasteiger partial charge in [0.1, 0.15) is 36.0 Å². The lowest BCUT2D eigenvalue weighted by Gasteiger charge is -2.23. The van der Waals surface area contributed by atoms with E-state index in [0.29, 0.717) is 0 Å². The fourth-order valence-electron chi connectivity index (χ4n) is 4.18. The fraction of sp³-hybridized carbons (Fsp3) is 0.318. The summed E-state index contributed by atoms with van der Waals surface area (Å²) in [6.07, 6.45) is 3.43. The zero-order chi connectivity index (χ0) is 18.1. The summed E-state index contributed by atoms with van der Waals surface area (Å²) in [7, 11) is 0. The van der Waals surface area contributed by atoms with Crippen LogP contribution in [-0.2, 0) is 11.3 Å². The van der Waals surface area contributed by atoms with Crippen LogP contribution in [0.5, 0.6) is 0 Å². The van der Waals surface area contributed by atoms with Gasteiger partial charge in [-0.2, -0.15) is 4.40 Å². The van der Waals surface area contributed by atoms with Crippen LogP contribution in [0.2, 0.25) is 0 Å². The van der Waals surface area contributed by atoms with Crippen LogP contribution in [0, 0.1) is 0 Å². The number of ether oxygens (including phenoxy) is 1. The second-order valence-corrected chi connectivity index (χ2v) is 7.33. The molecule has 3 heterocycles. The van der Waals surface area contributed by atoms with E-state index in [-0.39, 0.29) is 0 Å². The number of hydrogen-bond donors (Lipinski definition) is 2. The summed E-state index contributed by atoms with van der Waals surface area (Å²) < 4.78 is 10.2. The molecule has 1 aliphatic heterocycles. The molecule has 0 bridgehead atoms. The fourth-order valence-corrected chi connectivity index (χ4v) is 4.18. The van der Waals surface area contributed by atoms with E-state index >= 15 is 0 Å². The number of fused-ring (bicyclic) bond motifs is 3. The number of aromatic amines is 1. The Hall–Kier alpha value is -2.63. The number of benzene rings is 2. The van der Waals surface area contributed by atoms with Gasteiger partial charge in [-0.05, 0) is 12.1 Å². The van der Waals surface area contributed by atoms with Gasteiger partial charge in [-0.3, -0.25) is 0 Å². The maximum Gasteiger partial charge on any atom is 0.368 e. The van der Waals surface area contributed by atoms with Gasteiger partial charge in [0.2, 0.25) is 0 Å². The van der Waals surface area contributed by atoms with Gasteiger partial charge in [0.05, 0.1) is 26.3 Å². The first kappa shape index (κ1) is 16.5. The van der Waals surface area contributed by atoms with Gasteiger partial charge < -0.3 is 9.64 Å². The minimum atomic E-state index is 0.899. The van der Waals surface area contributed by atoms with Gasteiger partial charge in [-0.15, -0.1) is 0 Å². The lowest BCUT2D eigenvalue weighted by atomic mass is 10.1. The molecular weight excluding hydrogens is 336 g/mol. The monoisotopic (exact) mass is 362 g/mol. The molecule has 1 aliphatic rings. The highest BCUT2D eigenvalue weighted by Gasteiger charge is 2.22. The van der Waals surface area contributed by atoms with Crippen molar-refractivity contribution in [2.75, 3.05) is 32.8 Å². The number of imidazole rings is 2. The van der Waals surface area contributed by atoms with Crippen molar-refractivity contribution in [3.63, 3.8) is 0 Å². The summed E-state index contributed by atoms with van der Waals surface area (Å²) in [5, 5.41) is 0. The van der Waals surface area contributed by atoms with Crippen LogP contribution >= 0.6 is 0 Å². The third kappa shape index (κ3) is 3.13. The number of quaternary nitrogens is 1. The van der Waals surface area contributed by atoms with Gasteiger partial charge in [0.25, 0.3) is 0 Å². The summed E-state index contributed by atoms with van der Waals surface area (Å²) >= 11 is 0. The predicted molar refractivity (Wildman–Crippen MR) is 106 cm³/mol. The third-order valence-corrected chi connectivity index (χ3v) is 5.62. The van der Waals surface area contributed by atoms with E-state index in [2.05, 4.69) is 74.7 Å². The van der Waals surface area contributed by atoms with E-state index in [1.807, 2.05) is 0 Å². The Bertz CT molecular complexity index is 1040. The van der Waals surface area contributed by atoms with Crippen molar-refractivity contribution in [2.45, 2.75) is 13.0 Å². The molecule has 0 amide bonds. The molecule has 0 saturated carbocycles. The molecule has 138 valence electrons. The predicted octanol–water partition coefficient (Wildman–Crippen LogP) is 1.68. The molecule has 0 aliphatic carbocycles. The number of nitrogens with zero attached hydrogens (tertiary/aromatic N) is 2. The van der Waals surface area contributed by atoms with E-state index in [1.54, 1.807) is 4.90 Å². The molecule has 27 heavy (non-hydrogen) atoms. The van der Waals surface area contributed by atoms with E-state index in [1.165, 1.54) is 28.8 Å². The van der Waals surface area contributed by atoms with Crippen LogP contribution < -0.4 is 9.30 Å². The largest absolute Gasteiger partial charge is 0.370 e. The van der Waals surface area contributed by atoms with Crippen molar-refractivity contribution in [3.05, 3.63) is 60.8 Å². The van der Waals surface area contributed by atoms with Crippen LogP contribution in [0.15, 0.2) is 60.8 Å². The summed E-state index contributed by atoms with van der Waals surface area (Å²) in [5.74, 6) is 1.16. The van der Waals surface area contributed by atoms with Crippen molar-refractivity contribution in [1.82, 2.24) is 9.55 Å². The highest BCUT2D eigenvalue weighted by molar-refractivity contribution is 5.74. The Morgan fingerprint density at radius 3 is 2.63 bits per heavy atom. The Morgan fingerprint density at radius 2 is 1.78 bits per heavy atom. The topological polar surface area (TPSA) is 38.5 Å². The van der Waals surface area contributed by atoms with E-state index < -0.39 is 0 Å². The molecule has 1 fully saturated rings. The Labute approximate surface area is 158 Å². The van der Waals surface area contributed by atoms with E-state index in [4.69, 9.17) is 4.74 Å². The number of morpholine rings is 1. The lowest BCUT2D eigenvalue weighted by molar-refractivity contribution is -0.908. The molecule has 5 rings (SSSR count). The quantitative estimate of drug-likeness (QED) is 0.521. The summed E-state index contributed by atoms with van der Waals surface area (Å²) in [6.45, 7) is 6.27. The molecule has 4 aromatic rings. The first-order valence-corrected chi connectivity index (χ1v) is 9.88. The molecule has 0 atom stereocenters. The molecule has 5 nitrogen and oxygen atoms in total. The Kier molecular flexibility index (Phi) is 4.40. The normalized spacial score (nSPS) is 15.7. The van der Waals surface area contributed by atoms with Crippen LogP contribution in [-0.4, -0.2) is 42.4 Å². The SMILES string of the molecule is c1ccc(-c2c[n+]3c4ccccc4[nH]c3n2CCC[NH+]2CCOCC2)cc1. The molecule has 2 aromatic heterocycles. The smallest absolute Gasteiger partial charge is 0.368 e. The highest BCUT2D eigenvalue weighted by Crippen LogP contribution is 2.22. The summed E-state index contributed by atoms with van der Waals surface area (Å²) in [6, 6.07) is 19.2. The minimum absolute atomic E-state index is 0.899. The van der Waals surface area contributed by atoms with Crippen molar-refractivity contribution in [2.24, 2.45) is 0 Å². The molecule has 2 aromatic carbocycles. The highest BCUT2D eigenvalue weighted by atomic mass is 16.5. The molecule has 0 spiro atoms. The van der Waals surface area contributed by atoms with Gasteiger partial charge in [-0.1, -0.05) is 42.5 Å². The Morgan fingerprint density at radius 1 is 1.00 bits per heavy atom. The summed E-state index contributed by atoms with van der Waals surface area (Å²) in [4.78, 5) is 5.29. The number of nitrogens with one attached hydrogen (secondary N) is 2. The number of aromatic nitrogens is 3. The minimum Gasteiger partial charge on any atom is -0.370 e. The first-order chi connectivity index (χ1) is 13.4. The van der Waals surface area contributed by atoms with E-state index in [0.717, 1.165) is 45.0 Å². The zero-order valence-electron chi connectivity index (χ0n) is 15.5. The number of para-hydroxylation sites is 2. The van der Waals surface area contributed by atoms with Crippen LogP contribution in [0.3, 0.4) is 0 Å². The summed E-state index contributed by atoms with van der Waals surface area (Å²) in [5.41, 5.74) is 4.93. The number of aryl methyl sites for hydroxylation is 1. The second-order valence-electron chi connectivity index (χ2n) is 7.33. The standard InChI is InChI=1S/C22H24N4O/c1-2-7-18(8-3-1)21-17-26-20-10-5-4-9-19(20)23-22(26)25(21)12-6-11-24-13-15-27-16-14-24/h1-5,7-10,17H,6,11-16H2/p+2. The van der Waals surface area contributed by atoms with Crippen molar-refractivity contribution in [3.8, 4) is 11.3 Å². The number of rotatable bonds is 5. The first-order valence-electron chi connectivity index (χ1n) is 9.88. The molecule has 5 heteroatoms. The van der Waals surface area contributed by atoms with Crippen LogP contribution in [0.25, 0.3) is 28.1 Å². The van der Waals surface area contributed by atoms with Crippen molar-refractivity contribution >= 4 is 16.8 Å². The van der Waals surface area contributed by atoms with Crippen LogP contribution in [0.4, 0.5) is 0 Å². The van der Waals surface area contributed by atoms with Gasteiger partial charge >= 0.3 is 5.78 Å². The van der Waals surface area contributed by atoms with Crippen molar-refractivity contribution in [1.29, 1.82) is 0 Å². The van der Waals surface area contributed by atoms with Gasteiger partial charge in [0.15, 0.2) is 0 Å². The lowest BCUT2D eigenvalue weighted by Crippen LogP contribution is -3.14. The Balaban J connectivity index is 1.51. The molecular formula is C22H26N4O+2. The van der Waals surface area contributed by atoms with Gasteiger partial charge in [-0.25, -0.2) is 9.55 Å². The molecule has 1 saturated heterocycles. The number of hydrogen-bond acceptors (Lipinski definition) is 1. The van der Waals surface area contributed by atoms with Crippen LogP contribution in [0.1, 0.15) is 6.42 Å².